The van der Waals surface area contributed by atoms with Gasteiger partial charge in [-0.3, -0.25) is 14.5 Å². The Morgan fingerprint density at radius 2 is 1.72 bits per heavy atom. The van der Waals surface area contributed by atoms with Gasteiger partial charge in [0, 0.05) is 24.1 Å². The predicted molar refractivity (Wildman–Crippen MR) is 131 cm³/mol. The maximum absolute atomic E-state index is 13.6. The summed E-state index contributed by atoms with van der Waals surface area (Å²) in [5.41, 5.74) is 5.48. The van der Waals surface area contributed by atoms with Crippen molar-refractivity contribution >= 4 is 23.1 Å². The number of carbonyl (C=O) groups excluding carboxylic acids is 2. The lowest BCUT2D eigenvalue weighted by Gasteiger charge is -2.37. The summed E-state index contributed by atoms with van der Waals surface area (Å²) in [6.07, 6.45) is 1.62. The number of nitrogens with one attached hydrogen (secondary N) is 1. The van der Waals surface area contributed by atoms with Gasteiger partial charge in [0.15, 0.2) is 5.78 Å². The van der Waals surface area contributed by atoms with Crippen LogP contribution in [0.2, 0.25) is 0 Å². The van der Waals surface area contributed by atoms with Crippen LogP contribution in [-0.4, -0.2) is 11.7 Å². The number of amides is 1. The van der Waals surface area contributed by atoms with Crippen molar-refractivity contribution in [2.24, 2.45) is 5.41 Å². The third kappa shape index (κ3) is 3.99. The molecule has 1 atom stereocenters. The quantitative estimate of drug-likeness (QED) is 0.589. The van der Waals surface area contributed by atoms with Crippen LogP contribution in [0.15, 0.2) is 59.8 Å². The molecular formula is C28H34N2O2. The number of benzene rings is 2. The van der Waals surface area contributed by atoms with Gasteiger partial charge in [0.1, 0.15) is 0 Å². The van der Waals surface area contributed by atoms with Gasteiger partial charge in [-0.05, 0) is 40.5 Å². The Bertz CT molecular complexity index is 1090. The fraction of sp³-hybridized carbons (Fsp3) is 0.429. The van der Waals surface area contributed by atoms with Gasteiger partial charge in [0.2, 0.25) is 5.91 Å². The zero-order valence-electron chi connectivity index (χ0n) is 20.1. The highest BCUT2D eigenvalue weighted by Gasteiger charge is 2.42. The average molecular weight is 431 g/mol. The minimum Gasteiger partial charge on any atom is -0.357 e. The topological polar surface area (TPSA) is 49.4 Å². The fourth-order valence-electron chi connectivity index (χ4n) is 4.91. The molecule has 2 aromatic rings. The second-order valence-corrected chi connectivity index (χ2v) is 10.9. The number of fused-ring (bicyclic) bond motifs is 1. The van der Waals surface area contributed by atoms with Crippen molar-refractivity contribution in [3.63, 3.8) is 0 Å². The summed E-state index contributed by atoms with van der Waals surface area (Å²) < 4.78 is 0. The van der Waals surface area contributed by atoms with E-state index in [4.69, 9.17) is 0 Å². The Morgan fingerprint density at radius 3 is 2.34 bits per heavy atom. The maximum atomic E-state index is 13.6. The number of rotatable bonds is 2. The number of ketones is 1. The van der Waals surface area contributed by atoms with Crippen molar-refractivity contribution in [3.05, 3.63) is 70.9 Å². The predicted octanol–water partition coefficient (Wildman–Crippen LogP) is 6.54. The molecule has 1 unspecified atom stereocenters. The van der Waals surface area contributed by atoms with Crippen molar-refractivity contribution < 1.29 is 9.59 Å². The number of hydrogen-bond donors (Lipinski definition) is 1. The summed E-state index contributed by atoms with van der Waals surface area (Å²) in [5, 5.41) is 3.56. The fourth-order valence-corrected chi connectivity index (χ4v) is 4.91. The molecule has 0 radical (unpaired) electrons. The maximum Gasteiger partial charge on any atom is 0.227 e. The molecule has 0 saturated carbocycles. The summed E-state index contributed by atoms with van der Waals surface area (Å²) in [7, 11) is 0. The largest absolute Gasteiger partial charge is 0.357 e. The highest BCUT2D eigenvalue weighted by molar-refractivity contribution is 6.06. The molecule has 0 aromatic heterocycles. The third-order valence-electron chi connectivity index (χ3n) is 6.56. The lowest BCUT2D eigenvalue weighted by molar-refractivity contribution is -0.119. The number of anilines is 2. The Hall–Kier alpha value is -2.88. The standard InChI is InChI=1S/C28H34N2O2/c1-7-24(32)30-22-11-9-8-10-20(22)29-21-16-28(5,6)17-23(31)25(21)26(30)18-12-14-19(15-13-18)27(2,3)4/h8-15,26,29H,7,16-17H2,1-6H3. The molecule has 2 aromatic carbocycles. The number of allylic oxidation sites excluding steroid dienone is 1. The van der Waals surface area contributed by atoms with E-state index in [0.717, 1.165) is 34.6 Å². The first-order chi connectivity index (χ1) is 15.0. The van der Waals surface area contributed by atoms with Gasteiger partial charge in [-0.2, -0.15) is 0 Å². The number of Topliss-reactive ketones (excluding diaryl/α,β-unsaturated/α-hetero) is 1. The van der Waals surface area contributed by atoms with E-state index in [0.29, 0.717) is 12.8 Å². The van der Waals surface area contributed by atoms with Crippen molar-refractivity contribution in [1.82, 2.24) is 0 Å². The van der Waals surface area contributed by atoms with E-state index in [1.54, 1.807) is 0 Å². The Morgan fingerprint density at radius 1 is 1.06 bits per heavy atom. The molecule has 0 saturated heterocycles. The summed E-state index contributed by atoms with van der Waals surface area (Å²) in [5.74, 6) is 0.130. The number of carbonyl (C=O) groups is 2. The monoisotopic (exact) mass is 430 g/mol. The van der Waals surface area contributed by atoms with Gasteiger partial charge in [0.25, 0.3) is 0 Å². The van der Waals surface area contributed by atoms with Crippen LogP contribution in [0.4, 0.5) is 11.4 Å². The molecular weight excluding hydrogens is 396 g/mol. The van der Waals surface area contributed by atoms with Crippen molar-refractivity contribution in [1.29, 1.82) is 0 Å². The molecule has 0 spiro atoms. The van der Waals surface area contributed by atoms with Crippen LogP contribution in [-0.2, 0) is 15.0 Å². The van der Waals surface area contributed by atoms with E-state index in [2.05, 4.69) is 64.2 Å². The van der Waals surface area contributed by atoms with Gasteiger partial charge in [0.05, 0.1) is 17.4 Å². The van der Waals surface area contributed by atoms with Gasteiger partial charge in [-0.25, -0.2) is 0 Å². The molecule has 0 fully saturated rings. The van der Waals surface area contributed by atoms with E-state index >= 15 is 0 Å². The van der Waals surface area contributed by atoms with Crippen LogP contribution in [0.5, 0.6) is 0 Å². The molecule has 32 heavy (non-hydrogen) atoms. The normalized spacial score (nSPS) is 20.2. The summed E-state index contributed by atoms with van der Waals surface area (Å²) in [4.78, 5) is 28.8. The van der Waals surface area contributed by atoms with Crippen molar-refractivity contribution in [3.8, 4) is 0 Å². The zero-order valence-corrected chi connectivity index (χ0v) is 20.1. The number of nitrogens with zero attached hydrogens (tertiary/aromatic N) is 1. The van der Waals surface area contributed by atoms with E-state index in [1.807, 2.05) is 36.1 Å². The van der Waals surface area contributed by atoms with E-state index in [-0.39, 0.29) is 22.5 Å². The van der Waals surface area contributed by atoms with Crippen LogP contribution in [0.1, 0.15) is 78.0 Å². The summed E-state index contributed by atoms with van der Waals surface area (Å²) in [6.45, 7) is 12.7. The first-order valence-corrected chi connectivity index (χ1v) is 11.6. The average Bonchev–Trinajstić information content (AvgIpc) is 2.86. The Kier molecular flexibility index (Phi) is 5.52. The minimum absolute atomic E-state index is 0.00975. The highest BCUT2D eigenvalue weighted by Crippen LogP contribution is 2.48. The Balaban J connectivity index is 1.97. The number of para-hydroxylation sites is 2. The molecule has 1 amide bonds. The first-order valence-electron chi connectivity index (χ1n) is 11.6. The highest BCUT2D eigenvalue weighted by atomic mass is 16.2. The van der Waals surface area contributed by atoms with Gasteiger partial charge < -0.3 is 5.32 Å². The van der Waals surface area contributed by atoms with Crippen molar-refractivity contribution in [2.45, 2.75) is 72.3 Å². The van der Waals surface area contributed by atoms with Crippen LogP contribution < -0.4 is 10.2 Å². The summed E-state index contributed by atoms with van der Waals surface area (Å²) >= 11 is 0. The van der Waals surface area contributed by atoms with Crippen LogP contribution in [0.3, 0.4) is 0 Å². The SMILES string of the molecule is CCC(=O)N1c2ccccc2NC2=C(C(=O)CC(C)(C)C2)C1c1ccc(C(C)(C)C)cc1. The third-order valence-corrected chi connectivity index (χ3v) is 6.56. The molecule has 0 bridgehead atoms. The van der Waals surface area contributed by atoms with Gasteiger partial charge in [-0.15, -0.1) is 0 Å². The molecule has 1 N–H and O–H groups in total. The number of hydrogen-bond acceptors (Lipinski definition) is 3. The second-order valence-electron chi connectivity index (χ2n) is 10.9. The second kappa shape index (κ2) is 7.91. The van der Waals surface area contributed by atoms with E-state index in [1.165, 1.54) is 5.56 Å². The lowest BCUT2D eigenvalue weighted by Crippen LogP contribution is -2.39. The molecule has 1 heterocycles. The van der Waals surface area contributed by atoms with E-state index < -0.39 is 6.04 Å². The molecule has 4 nitrogen and oxygen atoms in total. The molecule has 2 aliphatic rings. The smallest absolute Gasteiger partial charge is 0.227 e. The summed E-state index contributed by atoms with van der Waals surface area (Å²) in [6, 6.07) is 15.9. The van der Waals surface area contributed by atoms with Gasteiger partial charge >= 0.3 is 0 Å². The van der Waals surface area contributed by atoms with Crippen molar-refractivity contribution in [2.75, 3.05) is 10.2 Å². The lowest BCUT2D eigenvalue weighted by atomic mass is 9.73. The molecule has 1 aliphatic carbocycles. The first kappa shape index (κ1) is 22.3. The molecule has 4 heteroatoms. The molecule has 4 rings (SSSR count). The van der Waals surface area contributed by atoms with Crippen LogP contribution >= 0.6 is 0 Å². The van der Waals surface area contributed by atoms with Gasteiger partial charge in [-0.1, -0.05) is 77.9 Å². The Labute approximate surface area is 191 Å². The van der Waals surface area contributed by atoms with Crippen LogP contribution in [0.25, 0.3) is 0 Å². The van der Waals surface area contributed by atoms with Crippen LogP contribution in [0, 0.1) is 5.41 Å². The molecule has 168 valence electrons. The minimum atomic E-state index is -0.439. The zero-order chi connectivity index (χ0) is 23.3. The molecule has 1 aliphatic heterocycles. The van der Waals surface area contributed by atoms with E-state index in [9.17, 15) is 9.59 Å².